The predicted octanol–water partition coefficient (Wildman–Crippen LogP) is 4.57. The highest BCUT2D eigenvalue weighted by molar-refractivity contribution is 14.1. The number of nitrogens with zero attached hydrogens (tertiary/aromatic N) is 1. The van der Waals surface area contributed by atoms with Crippen LogP contribution in [0.4, 0.5) is 0 Å². The van der Waals surface area contributed by atoms with Gasteiger partial charge < -0.3 is 0 Å². The molecule has 0 bridgehead atoms. The molecule has 2 aromatic rings. The number of hydrogen-bond donors (Lipinski definition) is 0. The minimum Gasteiger partial charge on any atom is -0.298 e. The van der Waals surface area contributed by atoms with Gasteiger partial charge >= 0.3 is 0 Å². The van der Waals surface area contributed by atoms with E-state index in [2.05, 4.69) is 89.6 Å². The third kappa shape index (κ3) is 3.91. The SMILES string of the molecule is C=Cc1ccccc1CN(C)Cc1ccccc1I. The molecule has 0 saturated carbocycles. The molecule has 19 heavy (non-hydrogen) atoms. The van der Waals surface area contributed by atoms with Crippen LogP contribution in [-0.4, -0.2) is 11.9 Å². The summed E-state index contributed by atoms with van der Waals surface area (Å²) in [6.07, 6.45) is 1.93. The van der Waals surface area contributed by atoms with Crippen LogP contribution in [0.2, 0.25) is 0 Å². The van der Waals surface area contributed by atoms with Gasteiger partial charge in [-0.3, -0.25) is 4.90 Å². The van der Waals surface area contributed by atoms with Crippen molar-refractivity contribution in [2.75, 3.05) is 7.05 Å². The van der Waals surface area contributed by atoms with Crippen molar-refractivity contribution in [2.45, 2.75) is 13.1 Å². The zero-order chi connectivity index (χ0) is 13.7. The molecule has 0 amide bonds. The van der Waals surface area contributed by atoms with Crippen LogP contribution in [0, 0.1) is 3.57 Å². The van der Waals surface area contributed by atoms with Gasteiger partial charge in [0.1, 0.15) is 0 Å². The van der Waals surface area contributed by atoms with Gasteiger partial charge in [0.2, 0.25) is 0 Å². The molecule has 0 aliphatic heterocycles. The predicted molar refractivity (Wildman–Crippen MR) is 90.9 cm³/mol. The average Bonchev–Trinajstić information content (AvgIpc) is 2.42. The summed E-state index contributed by atoms with van der Waals surface area (Å²) in [5.41, 5.74) is 3.92. The molecule has 0 heterocycles. The summed E-state index contributed by atoms with van der Waals surface area (Å²) in [5, 5.41) is 0. The van der Waals surface area contributed by atoms with Crippen molar-refractivity contribution >= 4 is 28.7 Å². The first-order valence-corrected chi connectivity index (χ1v) is 7.41. The van der Waals surface area contributed by atoms with E-state index in [1.807, 2.05) is 6.08 Å². The van der Waals surface area contributed by atoms with Gasteiger partial charge in [0, 0.05) is 16.7 Å². The highest BCUT2D eigenvalue weighted by Gasteiger charge is 2.06. The van der Waals surface area contributed by atoms with E-state index in [1.54, 1.807) is 0 Å². The van der Waals surface area contributed by atoms with Crippen molar-refractivity contribution in [2.24, 2.45) is 0 Å². The second-order valence-electron chi connectivity index (χ2n) is 4.67. The standard InChI is InChI=1S/C17H18IN/c1-3-14-8-4-5-9-15(14)12-19(2)13-16-10-6-7-11-17(16)18/h3-11H,1,12-13H2,2H3. The van der Waals surface area contributed by atoms with Crippen LogP contribution in [-0.2, 0) is 13.1 Å². The van der Waals surface area contributed by atoms with E-state index >= 15 is 0 Å². The maximum absolute atomic E-state index is 3.88. The molecule has 0 aromatic heterocycles. The number of hydrogen-bond acceptors (Lipinski definition) is 1. The Morgan fingerprint density at radius 1 is 1.00 bits per heavy atom. The first-order valence-electron chi connectivity index (χ1n) is 6.33. The zero-order valence-electron chi connectivity index (χ0n) is 11.1. The largest absolute Gasteiger partial charge is 0.298 e. The van der Waals surface area contributed by atoms with E-state index in [0.717, 1.165) is 13.1 Å². The molecule has 2 aromatic carbocycles. The van der Waals surface area contributed by atoms with E-state index in [4.69, 9.17) is 0 Å². The normalized spacial score (nSPS) is 10.7. The van der Waals surface area contributed by atoms with Crippen LogP contribution in [0.5, 0.6) is 0 Å². The molecule has 2 rings (SSSR count). The number of benzene rings is 2. The minimum absolute atomic E-state index is 0.938. The first-order chi connectivity index (χ1) is 9.20. The zero-order valence-corrected chi connectivity index (χ0v) is 13.3. The van der Waals surface area contributed by atoms with Gasteiger partial charge in [-0.05, 0) is 52.4 Å². The molecule has 0 fully saturated rings. The van der Waals surface area contributed by atoms with Gasteiger partial charge in [0.15, 0.2) is 0 Å². The third-order valence-corrected chi connectivity index (χ3v) is 4.17. The van der Waals surface area contributed by atoms with Gasteiger partial charge in [-0.15, -0.1) is 0 Å². The fraction of sp³-hybridized carbons (Fsp3) is 0.176. The van der Waals surface area contributed by atoms with Gasteiger partial charge in [0.05, 0.1) is 0 Å². The lowest BCUT2D eigenvalue weighted by Gasteiger charge is -2.19. The molecular weight excluding hydrogens is 345 g/mol. The van der Waals surface area contributed by atoms with Crippen molar-refractivity contribution in [1.29, 1.82) is 0 Å². The van der Waals surface area contributed by atoms with Crippen molar-refractivity contribution in [3.8, 4) is 0 Å². The Morgan fingerprint density at radius 3 is 2.26 bits per heavy atom. The maximum atomic E-state index is 3.88. The monoisotopic (exact) mass is 363 g/mol. The fourth-order valence-electron chi connectivity index (χ4n) is 2.14. The van der Waals surface area contributed by atoms with Crippen LogP contribution in [0.25, 0.3) is 6.08 Å². The lowest BCUT2D eigenvalue weighted by Crippen LogP contribution is -2.18. The Bertz CT molecular complexity index is 563. The second-order valence-corrected chi connectivity index (χ2v) is 5.83. The van der Waals surface area contributed by atoms with Crippen LogP contribution in [0.3, 0.4) is 0 Å². The Hall–Kier alpha value is -1.13. The molecule has 0 radical (unpaired) electrons. The molecule has 0 aliphatic rings. The van der Waals surface area contributed by atoms with Gasteiger partial charge in [-0.1, -0.05) is 55.1 Å². The van der Waals surface area contributed by atoms with E-state index in [0.29, 0.717) is 0 Å². The van der Waals surface area contributed by atoms with Crippen LogP contribution in [0.1, 0.15) is 16.7 Å². The molecule has 1 nitrogen and oxygen atoms in total. The van der Waals surface area contributed by atoms with Crippen molar-refractivity contribution in [3.05, 3.63) is 75.4 Å². The van der Waals surface area contributed by atoms with Crippen LogP contribution >= 0.6 is 22.6 Å². The Morgan fingerprint density at radius 2 is 1.58 bits per heavy atom. The maximum Gasteiger partial charge on any atom is 0.0244 e. The molecule has 0 N–H and O–H groups in total. The van der Waals surface area contributed by atoms with Gasteiger partial charge in [0.25, 0.3) is 0 Å². The summed E-state index contributed by atoms with van der Waals surface area (Å²) in [6.45, 7) is 5.78. The van der Waals surface area contributed by atoms with Crippen molar-refractivity contribution in [3.63, 3.8) is 0 Å². The van der Waals surface area contributed by atoms with E-state index < -0.39 is 0 Å². The molecule has 0 atom stereocenters. The summed E-state index contributed by atoms with van der Waals surface area (Å²) < 4.78 is 1.32. The molecule has 0 saturated heterocycles. The van der Waals surface area contributed by atoms with Gasteiger partial charge in [-0.2, -0.15) is 0 Å². The molecule has 0 aliphatic carbocycles. The van der Waals surface area contributed by atoms with Crippen LogP contribution in [0.15, 0.2) is 55.1 Å². The number of rotatable bonds is 5. The number of halogens is 1. The highest BCUT2D eigenvalue weighted by atomic mass is 127. The molecule has 0 unspecified atom stereocenters. The molecular formula is C17H18IN. The van der Waals surface area contributed by atoms with Gasteiger partial charge in [-0.25, -0.2) is 0 Å². The third-order valence-electron chi connectivity index (χ3n) is 3.11. The second kappa shape index (κ2) is 6.87. The summed E-state index contributed by atoms with van der Waals surface area (Å²) in [6, 6.07) is 17.0. The molecule has 98 valence electrons. The quantitative estimate of drug-likeness (QED) is 0.704. The van der Waals surface area contributed by atoms with Crippen LogP contribution < -0.4 is 0 Å². The van der Waals surface area contributed by atoms with E-state index in [9.17, 15) is 0 Å². The first kappa shape index (κ1) is 14.3. The Kier molecular flexibility index (Phi) is 5.16. The topological polar surface area (TPSA) is 3.24 Å². The lowest BCUT2D eigenvalue weighted by molar-refractivity contribution is 0.318. The lowest BCUT2D eigenvalue weighted by atomic mass is 10.1. The minimum atomic E-state index is 0.938. The van der Waals surface area contributed by atoms with Crippen molar-refractivity contribution < 1.29 is 0 Å². The summed E-state index contributed by atoms with van der Waals surface area (Å²) in [4.78, 5) is 2.33. The Labute approximate surface area is 129 Å². The summed E-state index contributed by atoms with van der Waals surface area (Å²) in [7, 11) is 2.16. The summed E-state index contributed by atoms with van der Waals surface area (Å²) in [5.74, 6) is 0. The molecule has 0 spiro atoms. The smallest absolute Gasteiger partial charge is 0.0244 e. The average molecular weight is 363 g/mol. The Balaban J connectivity index is 2.07. The summed E-state index contributed by atoms with van der Waals surface area (Å²) >= 11 is 2.40. The van der Waals surface area contributed by atoms with E-state index in [1.165, 1.54) is 20.3 Å². The van der Waals surface area contributed by atoms with E-state index in [-0.39, 0.29) is 0 Å². The van der Waals surface area contributed by atoms with Crippen molar-refractivity contribution in [1.82, 2.24) is 4.90 Å². The fourth-order valence-corrected chi connectivity index (χ4v) is 2.70. The molecule has 2 heteroatoms. The highest BCUT2D eigenvalue weighted by Crippen LogP contribution is 2.16.